The minimum Gasteiger partial charge on any atom is -0.317 e. The lowest BCUT2D eigenvalue weighted by molar-refractivity contribution is 0.232. The number of likely N-dealkylation sites (tertiary alicyclic amines) is 1. The van der Waals surface area contributed by atoms with E-state index < -0.39 is 0 Å². The lowest BCUT2D eigenvalue weighted by Crippen LogP contribution is -2.38. The fourth-order valence-corrected chi connectivity index (χ4v) is 3.70. The van der Waals surface area contributed by atoms with E-state index in [1.165, 1.54) is 64.0 Å². The molecule has 3 nitrogen and oxygen atoms in total. The molecule has 0 saturated carbocycles. The average molecular weight is 287 g/mol. The summed E-state index contributed by atoms with van der Waals surface area (Å²) in [6.07, 6.45) is 5.37. The number of hydrogen-bond acceptors (Lipinski definition) is 3. The van der Waals surface area contributed by atoms with Crippen LogP contribution in [0.3, 0.4) is 0 Å². The van der Waals surface area contributed by atoms with E-state index in [0.29, 0.717) is 6.04 Å². The van der Waals surface area contributed by atoms with E-state index in [1.54, 1.807) is 0 Å². The van der Waals surface area contributed by atoms with E-state index in [1.807, 2.05) is 0 Å². The first-order valence-electron chi connectivity index (χ1n) is 8.64. The number of benzene rings is 1. The van der Waals surface area contributed by atoms with Gasteiger partial charge in [-0.2, -0.15) is 0 Å². The summed E-state index contributed by atoms with van der Waals surface area (Å²) < 4.78 is 0. The summed E-state index contributed by atoms with van der Waals surface area (Å²) >= 11 is 0. The van der Waals surface area contributed by atoms with Crippen LogP contribution >= 0.6 is 0 Å². The Kier molecular flexibility index (Phi) is 5.67. The van der Waals surface area contributed by atoms with Gasteiger partial charge in [0.05, 0.1) is 0 Å². The number of rotatable bonds is 6. The molecule has 1 aromatic rings. The molecule has 0 bridgehead atoms. The molecule has 3 rings (SSSR count). The van der Waals surface area contributed by atoms with E-state index in [9.17, 15) is 0 Å². The van der Waals surface area contributed by atoms with Crippen molar-refractivity contribution >= 4 is 0 Å². The molecule has 116 valence electrons. The quantitative estimate of drug-likeness (QED) is 0.841. The third-order valence-electron chi connectivity index (χ3n) is 5.00. The van der Waals surface area contributed by atoms with Gasteiger partial charge in [0.15, 0.2) is 0 Å². The number of nitrogens with one attached hydrogen (secondary N) is 2. The number of piperidine rings is 1. The largest absolute Gasteiger partial charge is 0.317 e. The Morgan fingerprint density at radius 3 is 2.52 bits per heavy atom. The van der Waals surface area contributed by atoms with Crippen LogP contribution < -0.4 is 10.6 Å². The normalized spacial score (nSPS) is 22.5. The molecular weight excluding hydrogens is 258 g/mol. The minimum atomic E-state index is 0.551. The Morgan fingerprint density at radius 1 is 1.10 bits per heavy atom. The summed E-state index contributed by atoms with van der Waals surface area (Å²) in [6, 6.07) is 11.6. The summed E-state index contributed by atoms with van der Waals surface area (Å²) in [7, 11) is 0. The summed E-state index contributed by atoms with van der Waals surface area (Å²) in [5, 5.41) is 7.21. The van der Waals surface area contributed by atoms with Gasteiger partial charge >= 0.3 is 0 Å². The van der Waals surface area contributed by atoms with Crippen molar-refractivity contribution in [2.75, 3.05) is 39.3 Å². The van der Waals surface area contributed by atoms with Gasteiger partial charge in [0.2, 0.25) is 0 Å². The van der Waals surface area contributed by atoms with Crippen molar-refractivity contribution in [3.05, 3.63) is 35.9 Å². The van der Waals surface area contributed by atoms with Gasteiger partial charge in [0, 0.05) is 12.6 Å². The molecule has 0 amide bonds. The highest BCUT2D eigenvalue weighted by Crippen LogP contribution is 2.24. The Balaban J connectivity index is 1.54. The molecule has 1 unspecified atom stereocenters. The Bertz CT molecular complexity index is 394. The molecule has 2 heterocycles. The molecule has 0 aliphatic carbocycles. The molecular formula is C18H29N3. The van der Waals surface area contributed by atoms with Gasteiger partial charge in [-0.25, -0.2) is 0 Å². The van der Waals surface area contributed by atoms with Crippen LogP contribution in [0, 0.1) is 5.92 Å². The van der Waals surface area contributed by atoms with Gasteiger partial charge in [-0.05, 0) is 69.9 Å². The van der Waals surface area contributed by atoms with Crippen molar-refractivity contribution in [3.8, 4) is 0 Å². The summed E-state index contributed by atoms with van der Waals surface area (Å²) in [6.45, 7) is 7.18. The summed E-state index contributed by atoms with van der Waals surface area (Å²) in [5.74, 6) is 0.862. The Morgan fingerprint density at radius 2 is 1.81 bits per heavy atom. The predicted octanol–water partition coefficient (Wildman–Crippen LogP) is 2.41. The van der Waals surface area contributed by atoms with Crippen molar-refractivity contribution in [2.45, 2.75) is 31.7 Å². The molecule has 0 radical (unpaired) electrons. The minimum absolute atomic E-state index is 0.551. The fraction of sp³-hybridized carbons (Fsp3) is 0.667. The molecule has 2 fully saturated rings. The summed E-state index contributed by atoms with van der Waals surface area (Å²) in [5.41, 5.74) is 1.47. The van der Waals surface area contributed by atoms with Gasteiger partial charge < -0.3 is 10.6 Å². The zero-order chi connectivity index (χ0) is 14.3. The van der Waals surface area contributed by atoms with Crippen LogP contribution in [-0.2, 0) is 0 Å². The first-order chi connectivity index (χ1) is 10.4. The predicted molar refractivity (Wildman–Crippen MR) is 88.5 cm³/mol. The highest BCUT2D eigenvalue weighted by atomic mass is 15.2. The molecule has 21 heavy (non-hydrogen) atoms. The second-order valence-corrected chi connectivity index (χ2v) is 6.52. The first kappa shape index (κ1) is 15.0. The molecule has 0 aromatic heterocycles. The second kappa shape index (κ2) is 7.92. The van der Waals surface area contributed by atoms with Gasteiger partial charge in [-0.15, -0.1) is 0 Å². The zero-order valence-electron chi connectivity index (χ0n) is 13.1. The molecule has 2 aliphatic rings. The van der Waals surface area contributed by atoms with Gasteiger partial charge in [0.1, 0.15) is 0 Å². The maximum absolute atomic E-state index is 3.76. The van der Waals surface area contributed by atoms with Gasteiger partial charge in [-0.1, -0.05) is 30.3 Å². The van der Waals surface area contributed by atoms with Gasteiger partial charge in [0.25, 0.3) is 0 Å². The van der Waals surface area contributed by atoms with Crippen molar-refractivity contribution in [3.63, 3.8) is 0 Å². The van der Waals surface area contributed by atoms with Crippen molar-refractivity contribution in [1.29, 1.82) is 0 Å². The molecule has 0 spiro atoms. The van der Waals surface area contributed by atoms with Crippen LogP contribution in [0.1, 0.15) is 37.3 Å². The standard InChI is InChI=1S/C18H29N3/c1-2-6-17(7-3-1)18(21-12-4-5-13-21)15-20-14-16-8-10-19-11-9-16/h1-3,6-7,16,18-20H,4-5,8-15H2. The third-order valence-corrected chi connectivity index (χ3v) is 5.00. The van der Waals surface area contributed by atoms with Crippen LogP contribution in [0.2, 0.25) is 0 Å². The first-order valence-corrected chi connectivity index (χ1v) is 8.64. The Hall–Kier alpha value is -0.900. The zero-order valence-corrected chi connectivity index (χ0v) is 13.1. The van der Waals surface area contributed by atoms with E-state index in [-0.39, 0.29) is 0 Å². The maximum Gasteiger partial charge on any atom is 0.0472 e. The molecule has 1 aromatic carbocycles. The highest BCUT2D eigenvalue weighted by molar-refractivity contribution is 5.19. The maximum atomic E-state index is 3.76. The van der Waals surface area contributed by atoms with E-state index >= 15 is 0 Å². The van der Waals surface area contributed by atoms with Crippen LogP contribution in [0.25, 0.3) is 0 Å². The average Bonchev–Trinajstić information content (AvgIpc) is 3.07. The lowest BCUT2D eigenvalue weighted by Gasteiger charge is -2.30. The summed E-state index contributed by atoms with van der Waals surface area (Å²) in [4.78, 5) is 2.66. The van der Waals surface area contributed by atoms with Crippen LogP contribution in [0.4, 0.5) is 0 Å². The van der Waals surface area contributed by atoms with Crippen molar-refractivity contribution in [1.82, 2.24) is 15.5 Å². The lowest BCUT2D eigenvalue weighted by atomic mass is 9.98. The topological polar surface area (TPSA) is 27.3 Å². The SMILES string of the molecule is c1ccc(C(CNCC2CCNCC2)N2CCCC2)cc1. The van der Waals surface area contributed by atoms with Crippen molar-refractivity contribution in [2.24, 2.45) is 5.92 Å². The van der Waals surface area contributed by atoms with Crippen LogP contribution in [0.5, 0.6) is 0 Å². The van der Waals surface area contributed by atoms with Gasteiger partial charge in [-0.3, -0.25) is 4.90 Å². The fourth-order valence-electron chi connectivity index (χ4n) is 3.70. The smallest absolute Gasteiger partial charge is 0.0472 e. The third kappa shape index (κ3) is 4.29. The van der Waals surface area contributed by atoms with Crippen LogP contribution in [-0.4, -0.2) is 44.2 Å². The van der Waals surface area contributed by atoms with Crippen molar-refractivity contribution < 1.29 is 0 Å². The molecule has 3 heteroatoms. The highest BCUT2D eigenvalue weighted by Gasteiger charge is 2.23. The molecule has 2 N–H and O–H groups in total. The monoisotopic (exact) mass is 287 g/mol. The van der Waals surface area contributed by atoms with E-state index in [0.717, 1.165) is 12.5 Å². The Labute approximate surface area is 129 Å². The number of hydrogen-bond donors (Lipinski definition) is 2. The van der Waals surface area contributed by atoms with E-state index in [4.69, 9.17) is 0 Å². The number of nitrogens with zero attached hydrogens (tertiary/aromatic N) is 1. The molecule has 2 aliphatic heterocycles. The molecule has 1 atom stereocenters. The second-order valence-electron chi connectivity index (χ2n) is 6.52. The molecule has 2 saturated heterocycles. The van der Waals surface area contributed by atoms with Crippen LogP contribution in [0.15, 0.2) is 30.3 Å². The van der Waals surface area contributed by atoms with E-state index in [2.05, 4.69) is 45.9 Å².